The maximum Gasteiger partial charge on any atom is 0.237 e. The van der Waals surface area contributed by atoms with Gasteiger partial charge in [-0.15, -0.1) is 12.4 Å². The van der Waals surface area contributed by atoms with Crippen LogP contribution in [0.15, 0.2) is 0 Å². The molecule has 18 heavy (non-hydrogen) atoms. The first-order valence-electron chi connectivity index (χ1n) is 7.10. The molecule has 0 aromatic carbocycles. The maximum absolute atomic E-state index is 12.0. The molecule has 1 aliphatic rings. The average Bonchev–Trinajstić information content (AvgIpc) is 2.31. The fourth-order valence-electron chi connectivity index (χ4n) is 2.55. The van der Waals surface area contributed by atoms with E-state index in [1.807, 2.05) is 6.92 Å². The lowest BCUT2D eigenvalue weighted by Gasteiger charge is -2.35. The van der Waals surface area contributed by atoms with E-state index in [9.17, 15) is 4.79 Å². The second-order valence-corrected chi connectivity index (χ2v) is 5.56. The SMILES string of the molecule is CCCNC(C)C(=O)NC1CCCC(C)C1C.Cl. The number of halogens is 1. The first-order chi connectivity index (χ1) is 8.06. The van der Waals surface area contributed by atoms with Crippen LogP contribution in [0.2, 0.25) is 0 Å². The fraction of sp³-hybridized carbons (Fsp3) is 0.929. The van der Waals surface area contributed by atoms with E-state index in [2.05, 4.69) is 31.4 Å². The molecule has 4 atom stereocenters. The first kappa shape index (κ1) is 17.7. The lowest BCUT2D eigenvalue weighted by atomic mass is 9.78. The van der Waals surface area contributed by atoms with Gasteiger partial charge in [-0.25, -0.2) is 0 Å². The average molecular weight is 277 g/mol. The Labute approximate surface area is 118 Å². The highest BCUT2D eigenvalue weighted by atomic mass is 35.5. The van der Waals surface area contributed by atoms with E-state index in [0.717, 1.165) is 25.3 Å². The lowest BCUT2D eigenvalue weighted by Crippen LogP contribution is -2.50. The monoisotopic (exact) mass is 276 g/mol. The highest BCUT2D eigenvalue weighted by molar-refractivity contribution is 5.85. The number of nitrogens with one attached hydrogen (secondary N) is 2. The van der Waals surface area contributed by atoms with Crippen LogP contribution in [0.25, 0.3) is 0 Å². The summed E-state index contributed by atoms with van der Waals surface area (Å²) in [6.45, 7) is 9.52. The van der Waals surface area contributed by atoms with Gasteiger partial charge in [-0.1, -0.05) is 33.6 Å². The van der Waals surface area contributed by atoms with Crippen LogP contribution in [0.4, 0.5) is 0 Å². The van der Waals surface area contributed by atoms with Crippen molar-refractivity contribution in [2.24, 2.45) is 11.8 Å². The quantitative estimate of drug-likeness (QED) is 0.811. The van der Waals surface area contributed by atoms with E-state index in [1.165, 1.54) is 12.8 Å². The number of hydrogen-bond acceptors (Lipinski definition) is 2. The summed E-state index contributed by atoms with van der Waals surface area (Å²) in [5.41, 5.74) is 0. The number of carbonyl (C=O) groups is 1. The Morgan fingerprint density at radius 3 is 2.61 bits per heavy atom. The van der Waals surface area contributed by atoms with E-state index < -0.39 is 0 Å². The zero-order valence-corrected chi connectivity index (χ0v) is 13.0. The van der Waals surface area contributed by atoms with Gasteiger partial charge in [-0.3, -0.25) is 4.79 Å². The highest BCUT2D eigenvalue weighted by Crippen LogP contribution is 2.29. The minimum absolute atomic E-state index is 0. The maximum atomic E-state index is 12.0. The van der Waals surface area contributed by atoms with Crippen LogP contribution in [0.5, 0.6) is 0 Å². The van der Waals surface area contributed by atoms with Gasteiger partial charge < -0.3 is 10.6 Å². The smallest absolute Gasteiger partial charge is 0.237 e. The molecule has 1 aliphatic carbocycles. The number of rotatable bonds is 5. The summed E-state index contributed by atoms with van der Waals surface area (Å²) in [4.78, 5) is 12.0. The Morgan fingerprint density at radius 1 is 1.33 bits per heavy atom. The molecule has 1 amide bonds. The Kier molecular flexibility index (Phi) is 8.62. The summed E-state index contributed by atoms with van der Waals surface area (Å²) in [6.07, 6.45) is 4.75. The van der Waals surface area contributed by atoms with E-state index in [0.29, 0.717) is 12.0 Å². The van der Waals surface area contributed by atoms with Gasteiger partial charge in [0.15, 0.2) is 0 Å². The Bertz CT molecular complexity index is 248. The molecule has 4 heteroatoms. The zero-order valence-electron chi connectivity index (χ0n) is 12.2. The number of amides is 1. The van der Waals surface area contributed by atoms with Crippen LogP contribution in [-0.4, -0.2) is 24.5 Å². The van der Waals surface area contributed by atoms with Gasteiger partial charge in [0.2, 0.25) is 5.91 Å². The third-order valence-corrected chi connectivity index (χ3v) is 4.13. The molecule has 3 nitrogen and oxygen atoms in total. The summed E-state index contributed by atoms with van der Waals surface area (Å²) in [7, 11) is 0. The van der Waals surface area contributed by atoms with E-state index in [4.69, 9.17) is 0 Å². The Morgan fingerprint density at radius 2 is 2.00 bits per heavy atom. The van der Waals surface area contributed by atoms with Crippen molar-refractivity contribution in [2.45, 2.75) is 65.5 Å². The van der Waals surface area contributed by atoms with Gasteiger partial charge in [0.05, 0.1) is 6.04 Å². The van der Waals surface area contributed by atoms with E-state index >= 15 is 0 Å². The molecule has 0 radical (unpaired) electrons. The summed E-state index contributed by atoms with van der Waals surface area (Å²) in [5, 5.41) is 6.44. The molecule has 1 rings (SSSR count). The molecule has 1 saturated carbocycles. The molecule has 1 fully saturated rings. The molecular weight excluding hydrogens is 248 g/mol. The normalized spacial score (nSPS) is 29.2. The van der Waals surface area contributed by atoms with Crippen molar-refractivity contribution in [3.63, 3.8) is 0 Å². The van der Waals surface area contributed by atoms with Gasteiger partial charge in [-0.05, 0) is 38.1 Å². The Hall–Kier alpha value is -0.280. The van der Waals surface area contributed by atoms with Crippen LogP contribution in [0.1, 0.15) is 53.4 Å². The van der Waals surface area contributed by atoms with Gasteiger partial charge in [0.25, 0.3) is 0 Å². The highest BCUT2D eigenvalue weighted by Gasteiger charge is 2.28. The van der Waals surface area contributed by atoms with Crippen molar-refractivity contribution in [2.75, 3.05) is 6.54 Å². The summed E-state index contributed by atoms with van der Waals surface area (Å²) in [5.74, 6) is 1.49. The van der Waals surface area contributed by atoms with Crippen molar-refractivity contribution in [3.05, 3.63) is 0 Å². The third kappa shape index (κ3) is 5.15. The number of hydrogen-bond donors (Lipinski definition) is 2. The molecule has 0 spiro atoms. The van der Waals surface area contributed by atoms with Crippen molar-refractivity contribution >= 4 is 18.3 Å². The fourth-order valence-corrected chi connectivity index (χ4v) is 2.55. The van der Waals surface area contributed by atoms with Crippen molar-refractivity contribution in [1.29, 1.82) is 0 Å². The Balaban J connectivity index is 0.00000289. The largest absolute Gasteiger partial charge is 0.352 e. The molecule has 0 aromatic rings. The third-order valence-electron chi connectivity index (χ3n) is 4.13. The second-order valence-electron chi connectivity index (χ2n) is 5.56. The van der Waals surface area contributed by atoms with Crippen LogP contribution >= 0.6 is 12.4 Å². The standard InChI is InChI=1S/C14H28N2O.ClH/c1-5-9-15-12(4)14(17)16-13-8-6-7-10(2)11(13)3;/h10-13,15H,5-9H2,1-4H3,(H,16,17);1H. The summed E-state index contributed by atoms with van der Waals surface area (Å²) in [6, 6.07) is 0.302. The van der Waals surface area contributed by atoms with Gasteiger partial charge >= 0.3 is 0 Å². The summed E-state index contributed by atoms with van der Waals surface area (Å²) >= 11 is 0. The van der Waals surface area contributed by atoms with E-state index in [1.54, 1.807) is 0 Å². The van der Waals surface area contributed by atoms with E-state index in [-0.39, 0.29) is 24.4 Å². The molecular formula is C14H29ClN2O. The van der Waals surface area contributed by atoms with Crippen LogP contribution in [-0.2, 0) is 4.79 Å². The minimum atomic E-state index is -0.0700. The van der Waals surface area contributed by atoms with Crippen LogP contribution < -0.4 is 10.6 Å². The van der Waals surface area contributed by atoms with Crippen LogP contribution in [0.3, 0.4) is 0 Å². The molecule has 0 saturated heterocycles. The molecule has 2 N–H and O–H groups in total. The van der Waals surface area contributed by atoms with Gasteiger partial charge in [0.1, 0.15) is 0 Å². The van der Waals surface area contributed by atoms with Gasteiger partial charge in [0, 0.05) is 6.04 Å². The predicted molar refractivity (Wildman–Crippen MR) is 79.1 cm³/mol. The molecule has 0 bridgehead atoms. The van der Waals surface area contributed by atoms with Crippen molar-refractivity contribution in [1.82, 2.24) is 10.6 Å². The molecule has 108 valence electrons. The molecule has 0 heterocycles. The molecule has 0 aliphatic heterocycles. The minimum Gasteiger partial charge on any atom is -0.352 e. The van der Waals surface area contributed by atoms with Gasteiger partial charge in [-0.2, -0.15) is 0 Å². The second kappa shape index (κ2) is 8.76. The lowest BCUT2D eigenvalue weighted by molar-refractivity contribution is -0.124. The number of carbonyl (C=O) groups excluding carboxylic acids is 1. The zero-order chi connectivity index (χ0) is 12.8. The van der Waals surface area contributed by atoms with Crippen molar-refractivity contribution in [3.8, 4) is 0 Å². The predicted octanol–water partition coefficient (Wildman–Crippen LogP) is 2.74. The van der Waals surface area contributed by atoms with Crippen molar-refractivity contribution < 1.29 is 4.79 Å². The first-order valence-corrected chi connectivity index (χ1v) is 7.10. The topological polar surface area (TPSA) is 41.1 Å². The summed E-state index contributed by atoms with van der Waals surface area (Å²) < 4.78 is 0. The molecule has 4 unspecified atom stereocenters. The van der Waals surface area contributed by atoms with Crippen LogP contribution in [0, 0.1) is 11.8 Å². The molecule has 0 aromatic heterocycles.